The number of aromatic hydroxyl groups is 1. The third-order valence-corrected chi connectivity index (χ3v) is 10.1. The quantitative estimate of drug-likeness (QED) is 0.0518. The number of hydrogen-bond acceptors (Lipinski definition) is 8. The molecule has 0 bridgehead atoms. The normalized spacial score (nSPS) is 15.8. The Bertz CT molecular complexity index is 1770. The van der Waals surface area contributed by atoms with E-state index in [0.29, 0.717) is 47.0 Å². The van der Waals surface area contributed by atoms with E-state index in [9.17, 15) is 19.1 Å². The van der Waals surface area contributed by atoms with Crippen LogP contribution in [-0.2, 0) is 4.79 Å². The predicted octanol–water partition coefficient (Wildman–Crippen LogP) is 12.6. The van der Waals surface area contributed by atoms with Crippen LogP contribution < -0.4 is 10.7 Å². The van der Waals surface area contributed by atoms with Crippen molar-refractivity contribution in [1.29, 1.82) is 0 Å². The molecule has 0 fully saturated rings. The van der Waals surface area contributed by atoms with Crippen molar-refractivity contribution >= 4 is 35.2 Å². The Kier molecular flexibility index (Phi) is 30.2. The van der Waals surface area contributed by atoms with E-state index in [-0.39, 0.29) is 35.1 Å². The number of likely N-dealkylation sites (N-methyl/N-ethyl adjacent to an activating group) is 3. The van der Waals surface area contributed by atoms with Gasteiger partial charge in [-0.05, 0) is 58.4 Å². The molecular weight excluding hydrogens is 801 g/mol. The zero-order valence-electron chi connectivity index (χ0n) is 39.6. The lowest BCUT2D eigenvalue weighted by atomic mass is 10.0. The molecule has 3 aliphatic heterocycles. The van der Waals surface area contributed by atoms with Crippen LogP contribution in [0.1, 0.15) is 153 Å². The van der Waals surface area contributed by atoms with Gasteiger partial charge in [-0.25, -0.2) is 9.82 Å². The number of hydrazine groups is 1. The average molecular weight is 881 g/mol. The first kappa shape index (κ1) is 57.1. The van der Waals surface area contributed by atoms with Gasteiger partial charge in [0, 0.05) is 32.8 Å². The molecule has 0 aromatic carbocycles. The van der Waals surface area contributed by atoms with Crippen LogP contribution in [0.4, 0.5) is 4.39 Å². The number of rotatable bonds is 20. The Hall–Kier alpha value is -4.87. The van der Waals surface area contributed by atoms with Gasteiger partial charge in [0.2, 0.25) is 0 Å². The second-order valence-corrected chi connectivity index (χ2v) is 15.0. The third-order valence-electron chi connectivity index (χ3n) is 9.86. The maximum Gasteiger partial charge on any atom is 0.274 e. The second-order valence-electron chi connectivity index (χ2n) is 14.6. The van der Waals surface area contributed by atoms with E-state index in [2.05, 4.69) is 50.6 Å². The first-order valence-corrected chi connectivity index (χ1v) is 22.7. The topological polar surface area (TPSA) is 105 Å². The van der Waals surface area contributed by atoms with Gasteiger partial charge in [-0.1, -0.05) is 147 Å². The highest BCUT2D eigenvalue weighted by atomic mass is 35.5. The molecule has 4 rings (SSSR count). The summed E-state index contributed by atoms with van der Waals surface area (Å²) in [6.07, 6.45) is 28.3. The number of carbonyl (C=O) groups excluding carboxylic acids is 2. The van der Waals surface area contributed by atoms with Gasteiger partial charge in [-0.15, -0.1) is 6.58 Å². The summed E-state index contributed by atoms with van der Waals surface area (Å²) in [5, 5.41) is 22.2. The molecule has 3 aliphatic rings. The highest BCUT2D eigenvalue weighted by Gasteiger charge is 2.44. The summed E-state index contributed by atoms with van der Waals surface area (Å²) >= 11 is 5.99. The van der Waals surface area contributed by atoms with E-state index >= 15 is 0 Å². The summed E-state index contributed by atoms with van der Waals surface area (Å²) in [5.74, 6) is -1.03. The molecule has 1 aromatic rings. The molecule has 0 spiro atoms. The van der Waals surface area contributed by atoms with Gasteiger partial charge in [-0.3, -0.25) is 9.80 Å². The summed E-state index contributed by atoms with van der Waals surface area (Å²) in [5.41, 5.74) is 7.81. The van der Waals surface area contributed by atoms with Crippen molar-refractivity contribution in [3.8, 4) is 5.75 Å². The monoisotopic (exact) mass is 880 g/mol. The number of unbranched alkanes of at least 4 members (excludes halogenated alkanes) is 11. The maximum absolute atomic E-state index is 13.7. The van der Waals surface area contributed by atoms with E-state index in [4.69, 9.17) is 16.7 Å². The number of aromatic nitrogens is 1. The molecule has 62 heavy (non-hydrogen) atoms. The largest absolute Gasteiger partial charge is 0.505 e. The molecule has 12 heteroatoms. The standard InChI is InChI=1S/C23H26ClFN6O2.C14H28O.C8H13N.C3H6.C2H6/c1-7-16(25)15(24)9-12(3)10-30-13(4)18-20-19(27-30)14(5)28(6)26-17-11-29(8-2)23(33)21(22(18)32)31(17)20;1-2-3-4-5-6-7-8-9-10-11-12-13-14-15;1-4-6-8(9-3)7-5-2;1-3-2;1-2/h7,9,17,26,32H,1,4-5,8,10-11H2,2-3,6H3;14H,2-13H2,1H3;4-7,9H,1H2,2-3H3;3H,1H2,2H3;1-2H3/b12-9+,16-15-;;7-5-,8-6+;;. The number of carbonyl (C=O) groups is 2. The summed E-state index contributed by atoms with van der Waals surface area (Å²) in [4.78, 5) is 24.9. The fourth-order valence-corrected chi connectivity index (χ4v) is 6.98. The first-order chi connectivity index (χ1) is 29.8. The molecule has 1 unspecified atom stereocenters. The molecule has 0 saturated heterocycles. The molecule has 1 atom stereocenters. The third kappa shape index (κ3) is 17.8. The molecule has 0 aliphatic carbocycles. The van der Waals surface area contributed by atoms with Crippen molar-refractivity contribution in [2.24, 2.45) is 5.10 Å². The zero-order valence-corrected chi connectivity index (χ0v) is 40.3. The zero-order chi connectivity index (χ0) is 47.2. The van der Waals surface area contributed by atoms with E-state index in [1.54, 1.807) is 38.6 Å². The van der Waals surface area contributed by atoms with Crippen LogP contribution in [0.3, 0.4) is 0 Å². The fourth-order valence-electron chi connectivity index (χ4n) is 6.72. The van der Waals surface area contributed by atoms with Gasteiger partial charge < -0.3 is 29.7 Å². The van der Waals surface area contributed by atoms with Gasteiger partial charge in [0.15, 0.2) is 11.4 Å². The summed E-state index contributed by atoms with van der Waals surface area (Å²) in [6, 6.07) is 0. The van der Waals surface area contributed by atoms with Gasteiger partial charge in [-0.2, -0.15) is 5.10 Å². The van der Waals surface area contributed by atoms with Crippen LogP contribution in [0.15, 0.2) is 108 Å². The van der Waals surface area contributed by atoms with E-state index in [1.165, 1.54) is 70.3 Å². The van der Waals surface area contributed by atoms with Crippen LogP contribution in [0.2, 0.25) is 0 Å². The highest BCUT2D eigenvalue weighted by Crippen LogP contribution is 2.45. The Morgan fingerprint density at radius 3 is 2.03 bits per heavy atom. The summed E-state index contributed by atoms with van der Waals surface area (Å²) in [7, 11) is 3.71. The number of nitrogens with one attached hydrogen (secondary N) is 2. The summed E-state index contributed by atoms with van der Waals surface area (Å²) < 4.78 is 15.5. The highest BCUT2D eigenvalue weighted by molar-refractivity contribution is 6.31. The van der Waals surface area contributed by atoms with Crippen molar-refractivity contribution < 1.29 is 19.1 Å². The SMILES string of the molecule is C=C/C(F)=C(Cl)\C=C(/C)CN1N=C2C(=C)N(C)NC3CN(CC)C(=O)c4c(O)c(c2n43)C1=C.C=C/C=C(\C=C/C)NC.C=CC.CC.CCCCCCCCCCCCCC=O. The number of nitrogens with zero attached hydrogens (tertiary/aromatic N) is 5. The molecule has 346 valence electrons. The van der Waals surface area contributed by atoms with Crippen LogP contribution in [-0.4, -0.2) is 76.2 Å². The van der Waals surface area contributed by atoms with Crippen molar-refractivity contribution in [2.45, 2.75) is 132 Å². The predicted molar refractivity (Wildman–Crippen MR) is 263 cm³/mol. The number of allylic oxidation sites excluding steroid dienone is 10. The van der Waals surface area contributed by atoms with Crippen molar-refractivity contribution in [2.75, 3.05) is 33.7 Å². The number of hydrazone groups is 1. The van der Waals surface area contributed by atoms with E-state index in [1.807, 2.05) is 66.9 Å². The van der Waals surface area contributed by atoms with E-state index in [0.717, 1.165) is 30.9 Å². The minimum atomic E-state index is -0.630. The van der Waals surface area contributed by atoms with Crippen LogP contribution in [0, 0.1) is 0 Å². The van der Waals surface area contributed by atoms with Crippen molar-refractivity contribution in [1.82, 2.24) is 30.2 Å². The van der Waals surface area contributed by atoms with Crippen molar-refractivity contribution in [3.63, 3.8) is 0 Å². The average Bonchev–Trinajstić information content (AvgIpc) is 3.53. The Labute approximate surface area is 379 Å². The van der Waals surface area contributed by atoms with E-state index < -0.39 is 5.83 Å². The minimum Gasteiger partial charge on any atom is -0.505 e. The number of halogens is 2. The Morgan fingerprint density at radius 2 is 1.55 bits per heavy atom. The fraction of sp³-hybridized carbons (Fsp3) is 0.500. The number of amides is 1. The summed E-state index contributed by atoms with van der Waals surface area (Å²) in [6.45, 7) is 33.6. The van der Waals surface area contributed by atoms with Crippen LogP contribution >= 0.6 is 11.6 Å². The Morgan fingerprint density at radius 1 is 0.984 bits per heavy atom. The lowest BCUT2D eigenvalue weighted by Gasteiger charge is -2.35. The molecular formula is C50H79ClFN7O3. The lowest BCUT2D eigenvalue weighted by molar-refractivity contribution is -0.107. The lowest BCUT2D eigenvalue weighted by Crippen LogP contribution is -2.50. The first-order valence-electron chi connectivity index (χ1n) is 22.3. The number of hydrogen-bond donors (Lipinski definition) is 3. The molecule has 3 N–H and O–H groups in total. The molecule has 10 nitrogen and oxygen atoms in total. The van der Waals surface area contributed by atoms with Gasteiger partial charge in [0.05, 0.1) is 40.8 Å². The molecule has 1 amide bonds. The molecule has 0 saturated carbocycles. The molecule has 0 radical (unpaired) electrons. The Balaban J connectivity index is 0.00000106. The molecule has 1 aromatic heterocycles. The smallest absolute Gasteiger partial charge is 0.274 e. The van der Waals surface area contributed by atoms with Crippen LogP contribution in [0.5, 0.6) is 5.75 Å². The number of aldehydes is 1. The van der Waals surface area contributed by atoms with Gasteiger partial charge >= 0.3 is 0 Å². The van der Waals surface area contributed by atoms with Gasteiger partial charge in [0.25, 0.3) is 5.91 Å². The second kappa shape index (κ2) is 32.8. The van der Waals surface area contributed by atoms with Crippen molar-refractivity contribution in [3.05, 3.63) is 120 Å². The molecule has 4 heterocycles. The van der Waals surface area contributed by atoms with Gasteiger partial charge in [0.1, 0.15) is 24.0 Å². The minimum absolute atomic E-state index is 0.0726. The maximum atomic E-state index is 13.7. The van der Waals surface area contributed by atoms with Crippen LogP contribution in [0.25, 0.3) is 5.70 Å².